The van der Waals surface area contributed by atoms with Crippen LogP contribution in [0.25, 0.3) is 0 Å². The number of carbonyl (C=O) groups excluding carboxylic acids is 3. The number of hydrogen-bond acceptors (Lipinski definition) is 4. The van der Waals surface area contributed by atoms with Gasteiger partial charge in [0.15, 0.2) is 17.3 Å². The van der Waals surface area contributed by atoms with Crippen LogP contribution in [0.3, 0.4) is 0 Å². The number of amides is 1. The molecular formula is C21H15NO4. The molecular weight excluding hydrogens is 330 g/mol. The first-order valence-electron chi connectivity index (χ1n) is 8.29. The smallest absolute Gasteiger partial charge is 0.287 e. The molecule has 1 amide bonds. The van der Waals surface area contributed by atoms with E-state index in [2.05, 4.69) is 5.32 Å². The van der Waals surface area contributed by atoms with E-state index >= 15 is 0 Å². The maximum absolute atomic E-state index is 12.5. The molecule has 1 heterocycles. The summed E-state index contributed by atoms with van der Waals surface area (Å²) in [5, 5.41) is 2.75. The number of fused-ring (bicyclic) bond motifs is 2. The highest BCUT2D eigenvalue weighted by molar-refractivity contribution is 6.27. The van der Waals surface area contributed by atoms with Crippen LogP contribution in [0.5, 0.6) is 0 Å². The summed E-state index contributed by atoms with van der Waals surface area (Å²) in [6.45, 7) is 0.427. The molecule has 0 unspecified atom stereocenters. The molecule has 0 radical (unpaired) electrons. The number of nitrogens with one attached hydrogen (secondary N) is 1. The third-order valence-corrected chi connectivity index (χ3v) is 4.37. The van der Waals surface area contributed by atoms with Crippen LogP contribution in [0.15, 0.2) is 65.1 Å². The Hall–Kier alpha value is -3.47. The third-order valence-electron chi connectivity index (χ3n) is 4.37. The van der Waals surface area contributed by atoms with Gasteiger partial charge in [0.25, 0.3) is 5.91 Å². The van der Waals surface area contributed by atoms with Crippen molar-refractivity contribution in [2.24, 2.45) is 0 Å². The van der Waals surface area contributed by atoms with Crippen molar-refractivity contribution < 1.29 is 18.8 Å². The van der Waals surface area contributed by atoms with Crippen LogP contribution in [0.1, 0.15) is 48.2 Å². The van der Waals surface area contributed by atoms with Crippen LogP contribution >= 0.6 is 0 Å². The molecule has 3 aromatic rings. The van der Waals surface area contributed by atoms with Crippen LogP contribution in [0.2, 0.25) is 0 Å². The van der Waals surface area contributed by atoms with Crippen LogP contribution in [0.4, 0.5) is 0 Å². The van der Waals surface area contributed by atoms with Gasteiger partial charge in [0.1, 0.15) is 0 Å². The normalized spacial score (nSPS) is 12.5. The third kappa shape index (κ3) is 2.73. The number of hydrogen-bond donors (Lipinski definition) is 1. The Morgan fingerprint density at radius 2 is 1.50 bits per heavy atom. The molecule has 0 atom stereocenters. The highest BCUT2D eigenvalue weighted by Gasteiger charge is 2.34. The summed E-state index contributed by atoms with van der Waals surface area (Å²) in [7, 11) is 0. The molecule has 0 saturated heterocycles. The molecule has 4 rings (SSSR count). The van der Waals surface area contributed by atoms with Gasteiger partial charge in [0, 0.05) is 23.7 Å². The largest absolute Gasteiger partial charge is 0.447 e. The molecule has 1 aliphatic rings. The molecule has 0 fully saturated rings. The van der Waals surface area contributed by atoms with Gasteiger partial charge in [-0.25, -0.2) is 0 Å². The fourth-order valence-corrected chi connectivity index (χ4v) is 3.04. The quantitative estimate of drug-likeness (QED) is 0.617. The Labute approximate surface area is 149 Å². The van der Waals surface area contributed by atoms with Crippen LogP contribution in [-0.2, 0) is 6.42 Å². The van der Waals surface area contributed by atoms with E-state index < -0.39 is 5.91 Å². The summed E-state index contributed by atoms with van der Waals surface area (Å²) in [5.74, 6) is -1.22. The molecule has 2 aromatic carbocycles. The Kier molecular flexibility index (Phi) is 3.97. The molecule has 1 N–H and O–H groups in total. The number of carbonyl (C=O) groups is 3. The molecule has 1 aliphatic carbocycles. The fourth-order valence-electron chi connectivity index (χ4n) is 3.04. The van der Waals surface area contributed by atoms with Gasteiger partial charge in [0.05, 0.1) is 5.56 Å². The average Bonchev–Trinajstić information content (AvgIpc) is 3.13. The fraction of sp³-hybridized carbons (Fsp3) is 0.0952. The van der Waals surface area contributed by atoms with E-state index in [9.17, 15) is 14.4 Å². The lowest BCUT2D eigenvalue weighted by molar-refractivity contribution is 0.0914. The average molecular weight is 345 g/mol. The second-order valence-electron chi connectivity index (χ2n) is 6.05. The van der Waals surface area contributed by atoms with E-state index in [0.717, 1.165) is 5.56 Å². The predicted octanol–water partition coefficient (Wildman–Crippen LogP) is 3.03. The van der Waals surface area contributed by atoms with Crippen molar-refractivity contribution >= 4 is 17.5 Å². The molecule has 1 aromatic heterocycles. The molecule has 0 bridgehead atoms. The van der Waals surface area contributed by atoms with Crippen LogP contribution < -0.4 is 5.32 Å². The topological polar surface area (TPSA) is 76.4 Å². The first-order chi connectivity index (χ1) is 12.6. The number of rotatable bonds is 4. The van der Waals surface area contributed by atoms with Crippen molar-refractivity contribution in [1.29, 1.82) is 0 Å². The monoisotopic (exact) mass is 345 g/mol. The predicted molar refractivity (Wildman–Crippen MR) is 94.5 cm³/mol. The first-order valence-corrected chi connectivity index (χ1v) is 8.29. The van der Waals surface area contributed by atoms with Gasteiger partial charge in [-0.2, -0.15) is 0 Å². The van der Waals surface area contributed by atoms with Gasteiger partial charge in [-0.05, 0) is 12.0 Å². The number of ketones is 2. The summed E-state index contributed by atoms with van der Waals surface area (Å²) in [4.78, 5) is 37.4. The molecule has 5 heteroatoms. The first kappa shape index (κ1) is 16.0. The maximum atomic E-state index is 12.5. The summed E-state index contributed by atoms with van der Waals surface area (Å²) in [5.41, 5.74) is 1.88. The van der Waals surface area contributed by atoms with E-state index in [0.29, 0.717) is 24.1 Å². The van der Waals surface area contributed by atoms with Crippen molar-refractivity contribution in [2.75, 3.05) is 6.54 Å². The van der Waals surface area contributed by atoms with Crippen molar-refractivity contribution in [3.63, 3.8) is 0 Å². The molecule has 26 heavy (non-hydrogen) atoms. The van der Waals surface area contributed by atoms with E-state index in [-0.39, 0.29) is 28.7 Å². The Morgan fingerprint density at radius 1 is 0.846 bits per heavy atom. The van der Waals surface area contributed by atoms with E-state index in [1.54, 1.807) is 24.3 Å². The van der Waals surface area contributed by atoms with Crippen molar-refractivity contribution in [2.45, 2.75) is 6.42 Å². The SMILES string of the molecule is O=C(NCCc1ccccc1)c1cc2c(o1)C(=O)c1ccccc1C2=O. The molecule has 0 aliphatic heterocycles. The minimum absolute atomic E-state index is 0.0300. The Morgan fingerprint density at radius 3 is 2.23 bits per heavy atom. The van der Waals surface area contributed by atoms with Gasteiger partial charge in [0.2, 0.25) is 5.78 Å². The highest BCUT2D eigenvalue weighted by Crippen LogP contribution is 2.29. The summed E-state index contributed by atoms with van der Waals surface area (Å²) in [6, 6.07) is 17.7. The minimum atomic E-state index is -0.444. The number of benzene rings is 2. The standard InChI is InChI=1S/C21H15NO4/c23-18-14-8-4-5-9-15(14)19(24)20-16(18)12-17(26-20)21(25)22-11-10-13-6-2-1-3-7-13/h1-9,12H,10-11H2,(H,22,25). The lowest BCUT2D eigenvalue weighted by atomic mass is 9.89. The van der Waals surface area contributed by atoms with Crippen molar-refractivity contribution in [1.82, 2.24) is 5.32 Å². The van der Waals surface area contributed by atoms with E-state index in [1.165, 1.54) is 6.07 Å². The van der Waals surface area contributed by atoms with Gasteiger partial charge < -0.3 is 9.73 Å². The van der Waals surface area contributed by atoms with Crippen LogP contribution in [0, 0.1) is 0 Å². The number of furan rings is 1. The lowest BCUT2D eigenvalue weighted by Crippen LogP contribution is -2.25. The summed E-state index contributed by atoms with van der Waals surface area (Å²) in [6.07, 6.45) is 0.677. The Balaban J connectivity index is 1.52. The molecule has 5 nitrogen and oxygen atoms in total. The van der Waals surface area contributed by atoms with Gasteiger partial charge in [-0.3, -0.25) is 14.4 Å². The summed E-state index contributed by atoms with van der Waals surface area (Å²) < 4.78 is 5.43. The van der Waals surface area contributed by atoms with Crippen molar-refractivity contribution in [3.8, 4) is 0 Å². The van der Waals surface area contributed by atoms with Crippen molar-refractivity contribution in [3.05, 3.63) is 94.4 Å². The molecule has 128 valence electrons. The van der Waals surface area contributed by atoms with Gasteiger partial charge >= 0.3 is 0 Å². The second-order valence-corrected chi connectivity index (χ2v) is 6.05. The second kappa shape index (κ2) is 6.44. The van der Waals surface area contributed by atoms with E-state index in [4.69, 9.17) is 4.42 Å². The maximum Gasteiger partial charge on any atom is 0.287 e. The van der Waals surface area contributed by atoms with E-state index in [1.807, 2.05) is 30.3 Å². The molecule has 0 saturated carbocycles. The zero-order valence-electron chi connectivity index (χ0n) is 13.8. The minimum Gasteiger partial charge on any atom is -0.447 e. The summed E-state index contributed by atoms with van der Waals surface area (Å²) >= 11 is 0. The van der Waals surface area contributed by atoms with Gasteiger partial charge in [-0.15, -0.1) is 0 Å². The lowest BCUT2D eigenvalue weighted by Gasteiger charge is -2.11. The van der Waals surface area contributed by atoms with Gasteiger partial charge in [-0.1, -0.05) is 54.6 Å². The molecule has 0 spiro atoms. The Bertz CT molecular complexity index is 965. The van der Waals surface area contributed by atoms with Crippen LogP contribution in [-0.4, -0.2) is 24.0 Å². The zero-order valence-corrected chi connectivity index (χ0v) is 13.8. The highest BCUT2D eigenvalue weighted by atomic mass is 16.4. The zero-order chi connectivity index (χ0) is 18.1.